The minimum Gasteiger partial charge on any atom is -0.481 e. The molecule has 7 rings (SSSR count). The molecule has 2 atom stereocenters. The maximum Gasteiger partial charge on any atom is 0.452 e. The Bertz CT molecular complexity index is 2310. The number of benzene rings is 1. The third kappa shape index (κ3) is 8.00. The number of nitrogens with one attached hydrogen (secondary N) is 1. The van der Waals surface area contributed by atoms with Crippen molar-refractivity contribution in [2.75, 3.05) is 57.9 Å². The summed E-state index contributed by atoms with van der Waals surface area (Å²) in [6.07, 6.45) is -2.69. The van der Waals surface area contributed by atoms with Gasteiger partial charge in [-0.2, -0.15) is 22.5 Å². The van der Waals surface area contributed by atoms with Crippen molar-refractivity contribution in [2.24, 2.45) is 5.41 Å². The Morgan fingerprint density at radius 2 is 1.69 bits per heavy atom. The van der Waals surface area contributed by atoms with Crippen molar-refractivity contribution in [3.63, 3.8) is 0 Å². The van der Waals surface area contributed by atoms with Crippen LogP contribution in [0.25, 0.3) is 5.65 Å². The average Bonchev–Trinajstić information content (AvgIpc) is 3.59. The summed E-state index contributed by atoms with van der Waals surface area (Å²) in [5, 5.41) is 21.2. The Labute approximate surface area is 335 Å². The minimum atomic E-state index is -4.75. The van der Waals surface area contributed by atoms with Crippen molar-refractivity contribution < 1.29 is 45.7 Å². The zero-order chi connectivity index (χ0) is 41.8. The van der Waals surface area contributed by atoms with Gasteiger partial charge in [0.05, 0.1) is 38.4 Å². The summed E-state index contributed by atoms with van der Waals surface area (Å²) < 4.78 is 91.0. The van der Waals surface area contributed by atoms with E-state index in [2.05, 4.69) is 27.3 Å². The van der Waals surface area contributed by atoms with E-state index < -0.39 is 44.9 Å². The van der Waals surface area contributed by atoms with Gasteiger partial charge in [-0.1, -0.05) is 18.2 Å². The number of hydrogen-bond acceptors (Lipinski definition) is 11. The van der Waals surface area contributed by atoms with E-state index >= 15 is 0 Å². The van der Waals surface area contributed by atoms with Crippen LogP contribution in [0.1, 0.15) is 78.7 Å². The predicted molar refractivity (Wildman–Crippen MR) is 207 cm³/mol. The summed E-state index contributed by atoms with van der Waals surface area (Å²) in [6, 6.07) is 8.46. The molecule has 0 amide bonds. The highest BCUT2D eigenvalue weighted by molar-refractivity contribution is 7.89. The first kappa shape index (κ1) is 41.8. The number of fused-ring (bicyclic) bond motifs is 2. The molecule has 0 bridgehead atoms. The minimum absolute atomic E-state index is 0.00268. The van der Waals surface area contributed by atoms with E-state index in [4.69, 9.17) is 19.2 Å². The largest absolute Gasteiger partial charge is 0.481 e. The van der Waals surface area contributed by atoms with E-state index in [0.29, 0.717) is 72.9 Å². The maximum absolute atomic E-state index is 14.8. The van der Waals surface area contributed by atoms with E-state index in [1.165, 1.54) is 16.6 Å². The number of aromatic nitrogens is 4. The average molecular weight is 830 g/mol. The van der Waals surface area contributed by atoms with Gasteiger partial charge in [0.15, 0.2) is 5.65 Å². The number of halogens is 3. The van der Waals surface area contributed by atoms with Gasteiger partial charge in [0.2, 0.25) is 21.7 Å². The molecule has 0 saturated carbocycles. The van der Waals surface area contributed by atoms with E-state index in [1.807, 2.05) is 19.9 Å². The number of nitrogens with zero attached hydrogens (tertiary/aromatic N) is 6. The molecule has 4 aromatic rings. The summed E-state index contributed by atoms with van der Waals surface area (Å²) >= 11 is 0. The van der Waals surface area contributed by atoms with Gasteiger partial charge in [0.25, 0.3) is 0 Å². The number of hydrogen-bond donors (Lipinski definition) is 2. The number of rotatable bonds is 10. The number of carboxylic acid groups (broad SMARTS) is 1. The molecule has 3 aromatic heterocycles. The van der Waals surface area contributed by atoms with Crippen LogP contribution >= 0.6 is 0 Å². The lowest BCUT2D eigenvalue weighted by Crippen LogP contribution is -2.50. The number of aliphatic carboxylic acids is 1. The number of carbonyl (C=O) groups is 1. The zero-order valence-electron chi connectivity index (χ0n) is 33.5. The molecule has 14 nitrogen and oxygen atoms in total. The van der Waals surface area contributed by atoms with Gasteiger partial charge in [0, 0.05) is 57.2 Å². The first-order chi connectivity index (χ1) is 27.3. The highest BCUT2D eigenvalue weighted by Gasteiger charge is 2.47. The van der Waals surface area contributed by atoms with Crippen molar-refractivity contribution in [1.29, 1.82) is 0 Å². The van der Waals surface area contributed by atoms with Crippen molar-refractivity contribution >= 4 is 27.5 Å². The Morgan fingerprint density at radius 3 is 2.36 bits per heavy atom. The standard InChI is InChI=1S/C40H50F3N7O7S/c1-24-7-8-28(32(38(5,6)37(51)52)30-9-12-50-34(27(30)4)46-47-36(50)40(41,42)43)20-29(24)22-49-23-39(10-15-55-16-11-39)57-35-31(58(49,53)54)19-25(2)33(45-35)44-26(3)21-48-13-17-56-18-14-48/h7-9,12,19-20,26,32H,10-11,13-18,21-23H2,1-6H3,(H,44,45)(H,51,52)/t26-,32+/m0/s1. The lowest BCUT2D eigenvalue weighted by molar-refractivity contribution is -0.147. The molecule has 0 aliphatic carbocycles. The number of morpholine rings is 1. The summed E-state index contributed by atoms with van der Waals surface area (Å²) in [5.74, 6) is -2.64. The molecular weight excluding hydrogens is 780 g/mol. The molecular formula is C40H50F3N7O7S. The molecule has 1 spiro atoms. The van der Waals surface area contributed by atoms with E-state index in [1.54, 1.807) is 39.0 Å². The van der Waals surface area contributed by atoms with E-state index in [0.717, 1.165) is 29.6 Å². The number of sulfonamides is 1. The van der Waals surface area contributed by atoms with Crippen LogP contribution < -0.4 is 10.1 Å². The number of pyridine rings is 2. The first-order valence-electron chi connectivity index (χ1n) is 19.4. The fourth-order valence-electron chi connectivity index (χ4n) is 8.30. The van der Waals surface area contributed by atoms with Crippen LogP contribution in [0.5, 0.6) is 5.88 Å². The Morgan fingerprint density at radius 1 is 1.00 bits per heavy atom. The van der Waals surface area contributed by atoms with E-state index in [9.17, 15) is 31.5 Å². The smallest absolute Gasteiger partial charge is 0.452 e. The fraction of sp³-hybridized carbons (Fsp3) is 0.550. The van der Waals surface area contributed by atoms with Crippen molar-refractivity contribution in [2.45, 2.75) is 89.6 Å². The summed E-state index contributed by atoms with van der Waals surface area (Å²) in [5.41, 5.74) is 0.907. The molecule has 314 valence electrons. The van der Waals surface area contributed by atoms with Gasteiger partial charge in [-0.05, 0) is 87.1 Å². The Kier molecular flexibility index (Phi) is 11.3. The number of alkyl halides is 3. The molecule has 18 heteroatoms. The molecule has 58 heavy (non-hydrogen) atoms. The van der Waals surface area contributed by atoms with Crippen LogP contribution in [-0.4, -0.2) is 113 Å². The van der Waals surface area contributed by atoms with Gasteiger partial charge < -0.3 is 24.6 Å². The summed E-state index contributed by atoms with van der Waals surface area (Å²) in [6.45, 7) is 14.9. The second-order valence-corrected chi connectivity index (χ2v) is 18.2. The molecule has 2 saturated heterocycles. The van der Waals surface area contributed by atoms with Gasteiger partial charge in [0.1, 0.15) is 16.3 Å². The lowest BCUT2D eigenvalue weighted by Gasteiger charge is -2.38. The lowest BCUT2D eigenvalue weighted by atomic mass is 9.70. The van der Waals surface area contributed by atoms with Crippen LogP contribution in [-0.2, 0) is 37.0 Å². The van der Waals surface area contributed by atoms with Crippen molar-refractivity contribution in [1.82, 2.24) is 28.8 Å². The fourth-order valence-corrected chi connectivity index (χ4v) is 9.92. The van der Waals surface area contributed by atoms with Crippen LogP contribution in [0.15, 0.2) is 41.4 Å². The normalized spacial score (nSPS) is 19.9. The highest BCUT2D eigenvalue weighted by Crippen LogP contribution is 2.45. The second-order valence-electron chi connectivity index (χ2n) is 16.3. The molecule has 2 fully saturated rings. The third-order valence-corrected chi connectivity index (χ3v) is 13.5. The number of carboxylic acids is 1. The molecule has 3 aliphatic heterocycles. The number of anilines is 1. The molecule has 6 heterocycles. The Balaban J connectivity index is 1.27. The zero-order valence-corrected chi connectivity index (χ0v) is 34.3. The number of aryl methyl sites for hydroxylation is 3. The molecule has 0 radical (unpaired) electrons. The van der Waals surface area contributed by atoms with Crippen molar-refractivity contribution in [3.8, 4) is 5.88 Å². The second kappa shape index (κ2) is 15.7. The molecule has 3 aliphatic rings. The Hall–Kier alpha value is -4.36. The highest BCUT2D eigenvalue weighted by atomic mass is 32.2. The van der Waals surface area contributed by atoms with Crippen LogP contribution in [0.4, 0.5) is 19.0 Å². The summed E-state index contributed by atoms with van der Waals surface area (Å²) in [7, 11) is -4.22. The van der Waals surface area contributed by atoms with Crippen LogP contribution in [0.3, 0.4) is 0 Å². The SMILES string of the molecule is Cc1ccc([C@H](c2ccn3c(C(F)(F)F)nnc3c2C)C(C)(C)C(=O)O)cc1CN1CC2(CCOCC2)Oc2nc(N[C@@H](C)CN3CCOCC3)c(C)cc2S1(=O)=O. The molecule has 2 N–H and O–H groups in total. The van der Waals surface area contributed by atoms with Crippen LogP contribution in [0.2, 0.25) is 0 Å². The van der Waals surface area contributed by atoms with Gasteiger partial charge in [-0.3, -0.25) is 14.1 Å². The predicted octanol–water partition coefficient (Wildman–Crippen LogP) is 5.58. The summed E-state index contributed by atoms with van der Waals surface area (Å²) in [4.78, 5) is 20.0. The van der Waals surface area contributed by atoms with E-state index in [-0.39, 0.29) is 35.6 Å². The van der Waals surface area contributed by atoms with Gasteiger partial charge >= 0.3 is 12.1 Å². The molecule has 1 aromatic carbocycles. The number of ether oxygens (including phenoxy) is 3. The third-order valence-electron chi connectivity index (χ3n) is 11.7. The molecule has 0 unspecified atom stereocenters. The topological polar surface area (TPSA) is 161 Å². The maximum atomic E-state index is 14.8. The quantitative estimate of drug-likeness (QED) is 0.205. The monoisotopic (exact) mass is 829 g/mol. The first-order valence-corrected chi connectivity index (χ1v) is 20.8. The van der Waals surface area contributed by atoms with Crippen molar-refractivity contribution in [3.05, 3.63) is 75.7 Å². The van der Waals surface area contributed by atoms with Gasteiger partial charge in [-0.25, -0.2) is 8.42 Å². The van der Waals surface area contributed by atoms with Crippen LogP contribution in [0, 0.1) is 26.2 Å². The van der Waals surface area contributed by atoms with Gasteiger partial charge in [-0.15, -0.1) is 10.2 Å².